The molecule has 0 saturated heterocycles. The number of nitrogens with one attached hydrogen (secondary N) is 2. The Balaban J connectivity index is 1.48. The van der Waals surface area contributed by atoms with Gasteiger partial charge in [-0.25, -0.2) is 4.79 Å². The van der Waals surface area contributed by atoms with Crippen LogP contribution in [-0.4, -0.2) is 35.5 Å². The summed E-state index contributed by atoms with van der Waals surface area (Å²) < 4.78 is 5.24. The fourth-order valence-corrected chi connectivity index (χ4v) is 4.99. The Morgan fingerprint density at radius 3 is 2.14 bits per heavy atom. The number of carbonyl (C=O) groups excluding carboxylic acids is 3. The van der Waals surface area contributed by atoms with E-state index >= 15 is 0 Å². The molecule has 0 aliphatic carbocycles. The third-order valence-corrected chi connectivity index (χ3v) is 6.96. The van der Waals surface area contributed by atoms with E-state index < -0.39 is 12.1 Å². The molecule has 186 valence electrons. The molecule has 3 amide bonds. The Kier molecular flexibility index (Phi) is 10.8. The fourth-order valence-electron chi connectivity index (χ4n) is 3.55. The summed E-state index contributed by atoms with van der Waals surface area (Å²) in [6.45, 7) is 3.06. The van der Waals surface area contributed by atoms with Crippen molar-refractivity contribution in [2.24, 2.45) is 0 Å². The van der Waals surface area contributed by atoms with Gasteiger partial charge in [-0.3, -0.25) is 9.59 Å². The minimum atomic E-state index is -0.626. The van der Waals surface area contributed by atoms with Gasteiger partial charge in [0, 0.05) is 23.2 Å². The van der Waals surface area contributed by atoms with Crippen molar-refractivity contribution in [3.8, 4) is 0 Å². The molecule has 0 bridgehead atoms. The number of nitrogens with zero attached hydrogens (tertiary/aromatic N) is 1. The van der Waals surface area contributed by atoms with Crippen molar-refractivity contribution in [2.75, 3.05) is 6.61 Å². The van der Waals surface area contributed by atoms with Crippen LogP contribution in [0.1, 0.15) is 41.5 Å². The predicted molar refractivity (Wildman–Crippen MR) is 139 cm³/mol. The highest BCUT2D eigenvalue weighted by molar-refractivity contribution is 7.10. The minimum Gasteiger partial charge on any atom is -0.450 e. The first kappa shape index (κ1) is 26.4. The van der Waals surface area contributed by atoms with Gasteiger partial charge in [-0.1, -0.05) is 42.5 Å². The molecule has 35 heavy (non-hydrogen) atoms. The molecule has 7 nitrogen and oxygen atoms in total. The van der Waals surface area contributed by atoms with E-state index in [0.717, 1.165) is 15.3 Å². The summed E-state index contributed by atoms with van der Waals surface area (Å²) in [7, 11) is 0. The van der Waals surface area contributed by atoms with E-state index in [1.54, 1.807) is 27.6 Å². The zero-order valence-corrected chi connectivity index (χ0v) is 21.4. The lowest BCUT2D eigenvalue weighted by Crippen LogP contribution is -2.47. The molecule has 1 atom stereocenters. The number of carbonyl (C=O) groups is 3. The van der Waals surface area contributed by atoms with Crippen LogP contribution in [0, 0.1) is 0 Å². The first-order valence-corrected chi connectivity index (χ1v) is 13.3. The van der Waals surface area contributed by atoms with Crippen molar-refractivity contribution in [3.05, 3.63) is 80.7 Å². The molecule has 3 aromatic rings. The number of amides is 3. The summed E-state index contributed by atoms with van der Waals surface area (Å²) in [4.78, 5) is 41.2. The zero-order valence-electron chi connectivity index (χ0n) is 19.8. The van der Waals surface area contributed by atoms with Crippen LogP contribution in [0.5, 0.6) is 0 Å². The van der Waals surface area contributed by atoms with Gasteiger partial charge in [0.1, 0.15) is 6.04 Å². The first-order valence-electron chi connectivity index (χ1n) is 11.6. The molecule has 9 heteroatoms. The predicted octanol–water partition coefficient (Wildman–Crippen LogP) is 4.94. The van der Waals surface area contributed by atoms with Gasteiger partial charge in [-0.15, -0.1) is 22.7 Å². The van der Waals surface area contributed by atoms with Crippen LogP contribution < -0.4 is 10.6 Å². The summed E-state index contributed by atoms with van der Waals surface area (Å²) in [5.74, 6) is -0.351. The number of hydrogen-bond acceptors (Lipinski definition) is 6. The zero-order chi connectivity index (χ0) is 24.9. The molecular weight excluding hydrogens is 482 g/mol. The molecule has 0 aliphatic heterocycles. The minimum absolute atomic E-state index is 0.108. The van der Waals surface area contributed by atoms with E-state index in [1.807, 2.05) is 65.4 Å². The second kappa shape index (κ2) is 14.3. The summed E-state index contributed by atoms with van der Waals surface area (Å²) in [6, 6.07) is 16.9. The lowest BCUT2D eigenvalue weighted by molar-refractivity contribution is -0.137. The van der Waals surface area contributed by atoms with Crippen molar-refractivity contribution < 1.29 is 19.1 Å². The van der Waals surface area contributed by atoms with Crippen LogP contribution in [0.4, 0.5) is 4.79 Å². The molecule has 1 aromatic carbocycles. The Morgan fingerprint density at radius 2 is 1.57 bits per heavy atom. The fraction of sp³-hybridized carbons (Fsp3) is 0.346. The monoisotopic (exact) mass is 513 g/mol. The largest absolute Gasteiger partial charge is 0.450 e. The molecule has 2 N–H and O–H groups in total. The van der Waals surface area contributed by atoms with E-state index in [4.69, 9.17) is 4.74 Å². The number of benzene rings is 1. The molecule has 0 spiro atoms. The van der Waals surface area contributed by atoms with E-state index in [2.05, 4.69) is 10.6 Å². The topological polar surface area (TPSA) is 87.7 Å². The summed E-state index contributed by atoms with van der Waals surface area (Å²) in [6.07, 6.45) is 1.23. The molecule has 0 aliphatic rings. The number of ether oxygens (including phenoxy) is 1. The van der Waals surface area contributed by atoms with E-state index in [0.29, 0.717) is 38.9 Å². The number of unbranched alkanes of at least 4 members (excludes halogenated alkanes) is 1. The van der Waals surface area contributed by atoms with E-state index in [-0.39, 0.29) is 18.4 Å². The first-order chi connectivity index (χ1) is 17.0. The Bertz CT molecular complexity index is 1000. The Labute approximate surface area is 214 Å². The molecule has 2 heterocycles. The van der Waals surface area contributed by atoms with E-state index in [9.17, 15) is 14.4 Å². The lowest BCUT2D eigenvalue weighted by atomic mass is 10.1. The molecular formula is C26H31N3O4S2. The van der Waals surface area contributed by atoms with Crippen molar-refractivity contribution in [1.29, 1.82) is 0 Å². The van der Waals surface area contributed by atoms with Crippen molar-refractivity contribution in [3.63, 3.8) is 0 Å². The van der Waals surface area contributed by atoms with Gasteiger partial charge in [-0.2, -0.15) is 0 Å². The van der Waals surface area contributed by atoms with E-state index in [1.165, 1.54) is 6.92 Å². The smallest absolute Gasteiger partial charge is 0.407 e. The van der Waals surface area contributed by atoms with Crippen LogP contribution in [-0.2, 0) is 34.0 Å². The van der Waals surface area contributed by atoms with Crippen molar-refractivity contribution in [2.45, 2.75) is 51.9 Å². The van der Waals surface area contributed by atoms with Gasteiger partial charge in [0.15, 0.2) is 0 Å². The average molecular weight is 514 g/mol. The second-order valence-electron chi connectivity index (χ2n) is 8.08. The lowest BCUT2D eigenvalue weighted by Gasteiger charge is -2.27. The third kappa shape index (κ3) is 9.54. The molecule has 0 unspecified atom stereocenters. The maximum absolute atomic E-state index is 13.4. The summed E-state index contributed by atoms with van der Waals surface area (Å²) in [5, 5.41) is 9.52. The number of hydrogen-bond donors (Lipinski definition) is 2. The number of thiophene rings is 2. The van der Waals surface area contributed by atoms with Crippen LogP contribution in [0.3, 0.4) is 0 Å². The average Bonchev–Trinajstić information content (AvgIpc) is 3.56. The molecule has 0 fully saturated rings. The van der Waals surface area contributed by atoms with Gasteiger partial charge < -0.3 is 20.3 Å². The Hall–Kier alpha value is -3.17. The van der Waals surface area contributed by atoms with Crippen LogP contribution >= 0.6 is 22.7 Å². The second-order valence-corrected chi connectivity index (χ2v) is 10.1. The molecule has 0 radical (unpaired) electrons. The number of alkyl carbamates (subject to hydrolysis) is 1. The number of rotatable bonds is 13. The van der Waals surface area contributed by atoms with Gasteiger partial charge in [0.2, 0.25) is 11.8 Å². The third-order valence-electron chi connectivity index (χ3n) is 5.24. The maximum Gasteiger partial charge on any atom is 0.407 e. The highest BCUT2D eigenvalue weighted by atomic mass is 32.1. The van der Waals surface area contributed by atoms with Gasteiger partial charge in [0.05, 0.1) is 19.7 Å². The van der Waals surface area contributed by atoms with Crippen LogP contribution in [0.25, 0.3) is 0 Å². The Morgan fingerprint density at radius 1 is 0.914 bits per heavy atom. The van der Waals surface area contributed by atoms with Crippen LogP contribution in [0.15, 0.2) is 65.4 Å². The van der Waals surface area contributed by atoms with Crippen molar-refractivity contribution >= 4 is 40.6 Å². The quantitative estimate of drug-likeness (QED) is 0.317. The maximum atomic E-state index is 13.4. The highest BCUT2D eigenvalue weighted by Gasteiger charge is 2.25. The summed E-state index contributed by atoms with van der Waals surface area (Å²) >= 11 is 3.21. The highest BCUT2D eigenvalue weighted by Crippen LogP contribution is 2.19. The van der Waals surface area contributed by atoms with Gasteiger partial charge in [0.25, 0.3) is 0 Å². The van der Waals surface area contributed by atoms with Gasteiger partial charge >= 0.3 is 6.09 Å². The summed E-state index contributed by atoms with van der Waals surface area (Å²) in [5.41, 5.74) is 0.996. The SMILES string of the molecule is CC(=O)N[C@@H](CCCCOC(=O)NCc1ccccc1)C(=O)N(Cc1cccs1)Cc1cccs1. The molecule has 0 saturated carbocycles. The van der Waals surface area contributed by atoms with Crippen LogP contribution in [0.2, 0.25) is 0 Å². The molecule has 2 aromatic heterocycles. The van der Waals surface area contributed by atoms with Crippen molar-refractivity contribution in [1.82, 2.24) is 15.5 Å². The molecule has 3 rings (SSSR count). The normalized spacial score (nSPS) is 11.5. The standard InChI is InChI=1S/C26H31N3O4S2/c1-20(30)28-24(13-5-6-14-33-26(32)27-17-21-9-3-2-4-10-21)25(31)29(18-22-11-7-15-34-22)19-23-12-8-16-35-23/h2-4,7-12,15-16,24H,5-6,13-14,17-19H2,1H3,(H,27,32)(H,28,30)/t24-/m0/s1. The van der Waals surface area contributed by atoms with Gasteiger partial charge in [-0.05, 0) is 47.7 Å².